The zero-order chi connectivity index (χ0) is 12.9. The quantitative estimate of drug-likeness (QED) is 0.737. The standard InChI is InChI=1S/C10H15F3O4/c11-10(12,13)7-16-4-1-2-9(8(14)15)3-5-17-6-9/h1-7H2,(H,14,15). The first-order valence-electron chi connectivity index (χ1n) is 5.31. The van der Waals surface area contributed by atoms with Crippen molar-refractivity contribution in [1.29, 1.82) is 0 Å². The highest BCUT2D eigenvalue weighted by Gasteiger charge is 2.41. The molecule has 1 aliphatic heterocycles. The van der Waals surface area contributed by atoms with Crippen LogP contribution in [0.5, 0.6) is 0 Å². The van der Waals surface area contributed by atoms with Crippen LogP contribution in [0.25, 0.3) is 0 Å². The number of ether oxygens (including phenoxy) is 2. The highest BCUT2D eigenvalue weighted by molar-refractivity contribution is 5.75. The molecule has 1 saturated heterocycles. The van der Waals surface area contributed by atoms with Gasteiger partial charge in [-0.15, -0.1) is 0 Å². The third-order valence-electron chi connectivity index (χ3n) is 2.77. The van der Waals surface area contributed by atoms with Gasteiger partial charge < -0.3 is 14.6 Å². The molecule has 0 aromatic heterocycles. The molecule has 1 fully saturated rings. The van der Waals surface area contributed by atoms with Crippen molar-refractivity contribution in [2.45, 2.75) is 25.4 Å². The lowest BCUT2D eigenvalue weighted by Crippen LogP contribution is -2.31. The minimum atomic E-state index is -4.33. The van der Waals surface area contributed by atoms with Crippen molar-refractivity contribution in [3.63, 3.8) is 0 Å². The van der Waals surface area contributed by atoms with E-state index in [1.165, 1.54) is 0 Å². The van der Waals surface area contributed by atoms with E-state index < -0.39 is 24.2 Å². The van der Waals surface area contributed by atoms with Crippen molar-refractivity contribution in [3.05, 3.63) is 0 Å². The number of carbonyl (C=O) groups is 1. The molecule has 1 aliphatic rings. The van der Waals surface area contributed by atoms with Crippen LogP contribution >= 0.6 is 0 Å². The second-order valence-corrected chi connectivity index (χ2v) is 4.16. The fourth-order valence-corrected chi connectivity index (χ4v) is 1.78. The molecule has 1 atom stereocenters. The summed E-state index contributed by atoms with van der Waals surface area (Å²) in [5, 5.41) is 9.05. The normalized spacial score (nSPS) is 25.1. The summed E-state index contributed by atoms with van der Waals surface area (Å²) in [4.78, 5) is 11.0. The van der Waals surface area contributed by atoms with Gasteiger partial charge in [-0.1, -0.05) is 0 Å². The summed E-state index contributed by atoms with van der Waals surface area (Å²) in [5.74, 6) is -0.953. The number of hydrogen-bond donors (Lipinski definition) is 1. The zero-order valence-electron chi connectivity index (χ0n) is 9.26. The number of rotatable bonds is 6. The molecule has 0 aromatic rings. The Balaban J connectivity index is 2.23. The van der Waals surface area contributed by atoms with Crippen LogP contribution in [0.4, 0.5) is 13.2 Å². The SMILES string of the molecule is O=C(O)C1(CCCOCC(F)(F)F)CCOC1. The summed E-state index contributed by atoms with van der Waals surface area (Å²) < 4.78 is 44.7. The van der Waals surface area contributed by atoms with E-state index in [0.717, 1.165) is 0 Å². The average molecular weight is 256 g/mol. The third kappa shape index (κ3) is 4.51. The average Bonchev–Trinajstić information content (AvgIpc) is 2.65. The van der Waals surface area contributed by atoms with Crippen LogP contribution in [0.15, 0.2) is 0 Å². The Morgan fingerprint density at radius 1 is 1.47 bits per heavy atom. The first-order valence-corrected chi connectivity index (χ1v) is 5.31. The molecule has 0 aliphatic carbocycles. The highest BCUT2D eigenvalue weighted by atomic mass is 19.4. The van der Waals surface area contributed by atoms with Crippen LogP contribution in [0, 0.1) is 5.41 Å². The smallest absolute Gasteiger partial charge is 0.411 e. The summed E-state index contributed by atoms with van der Waals surface area (Å²) in [7, 11) is 0. The topological polar surface area (TPSA) is 55.8 Å². The van der Waals surface area contributed by atoms with Crippen LogP contribution < -0.4 is 0 Å². The second kappa shape index (κ2) is 5.68. The zero-order valence-corrected chi connectivity index (χ0v) is 9.26. The van der Waals surface area contributed by atoms with Gasteiger partial charge in [-0.3, -0.25) is 4.79 Å². The fraction of sp³-hybridized carbons (Fsp3) is 0.900. The maximum Gasteiger partial charge on any atom is 0.411 e. The first kappa shape index (κ1) is 14.2. The van der Waals surface area contributed by atoms with Gasteiger partial charge in [-0.25, -0.2) is 0 Å². The molecule has 1 unspecified atom stereocenters. The lowest BCUT2D eigenvalue weighted by atomic mass is 9.83. The summed E-state index contributed by atoms with van der Waals surface area (Å²) in [6.07, 6.45) is -3.37. The minimum Gasteiger partial charge on any atom is -0.481 e. The summed E-state index contributed by atoms with van der Waals surface area (Å²) in [6, 6.07) is 0. The van der Waals surface area contributed by atoms with Crippen LogP contribution in [0.3, 0.4) is 0 Å². The second-order valence-electron chi connectivity index (χ2n) is 4.16. The van der Waals surface area contributed by atoms with Crippen molar-refractivity contribution in [1.82, 2.24) is 0 Å². The first-order chi connectivity index (χ1) is 7.86. The molecule has 7 heteroatoms. The predicted octanol–water partition coefficient (Wildman–Crippen LogP) is 1.84. The number of carboxylic acids is 1. The van der Waals surface area contributed by atoms with Gasteiger partial charge in [0.2, 0.25) is 0 Å². The Bertz CT molecular complexity index is 259. The van der Waals surface area contributed by atoms with Crippen molar-refractivity contribution in [2.24, 2.45) is 5.41 Å². The van der Waals surface area contributed by atoms with E-state index in [-0.39, 0.29) is 26.1 Å². The molecule has 1 heterocycles. The molecule has 1 N–H and O–H groups in total. The monoisotopic (exact) mass is 256 g/mol. The molecule has 4 nitrogen and oxygen atoms in total. The lowest BCUT2D eigenvalue weighted by Gasteiger charge is -2.21. The Morgan fingerprint density at radius 3 is 2.65 bits per heavy atom. The van der Waals surface area contributed by atoms with Gasteiger partial charge in [0.1, 0.15) is 6.61 Å². The highest BCUT2D eigenvalue weighted by Crippen LogP contribution is 2.34. The molecular formula is C10H15F3O4. The van der Waals surface area contributed by atoms with Gasteiger partial charge in [0.15, 0.2) is 0 Å². The molecule has 0 bridgehead atoms. The molecule has 17 heavy (non-hydrogen) atoms. The Labute approximate surface area is 96.7 Å². The molecule has 1 rings (SSSR count). The molecule has 0 saturated carbocycles. The van der Waals surface area contributed by atoms with E-state index in [9.17, 15) is 18.0 Å². The van der Waals surface area contributed by atoms with Gasteiger partial charge in [0, 0.05) is 13.2 Å². The molecule has 100 valence electrons. The van der Waals surface area contributed by atoms with E-state index in [0.29, 0.717) is 13.0 Å². The van der Waals surface area contributed by atoms with E-state index in [1.807, 2.05) is 0 Å². The van der Waals surface area contributed by atoms with Crippen LogP contribution in [-0.4, -0.2) is 43.7 Å². The summed E-state index contributed by atoms with van der Waals surface area (Å²) >= 11 is 0. The molecule has 0 spiro atoms. The number of alkyl halides is 3. The number of hydrogen-bond acceptors (Lipinski definition) is 3. The van der Waals surface area contributed by atoms with Crippen LogP contribution in [0.2, 0.25) is 0 Å². The van der Waals surface area contributed by atoms with Crippen LogP contribution in [0.1, 0.15) is 19.3 Å². The Morgan fingerprint density at radius 2 is 2.18 bits per heavy atom. The summed E-state index contributed by atoms with van der Waals surface area (Å²) in [5.41, 5.74) is -0.943. The fourth-order valence-electron chi connectivity index (χ4n) is 1.78. The maximum absolute atomic E-state index is 11.7. The molecular weight excluding hydrogens is 241 g/mol. The number of halogens is 3. The molecule has 0 amide bonds. The third-order valence-corrected chi connectivity index (χ3v) is 2.77. The lowest BCUT2D eigenvalue weighted by molar-refractivity contribution is -0.174. The number of aliphatic carboxylic acids is 1. The van der Waals surface area contributed by atoms with Crippen molar-refractivity contribution >= 4 is 5.97 Å². The van der Waals surface area contributed by atoms with Crippen molar-refractivity contribution in [2.75, 3.05) is 26.4 Å². The van der Waals surface area contributed by atoms with E-state index in [1.54, 1.807) is 0 Å². The predicted molar refractivity (Wildman–Crippen MR) is 51.6 cm³/mol. The summed E-state index contributed by atoms with van der Waals surface area (Å²) in [6.45, 7) is -0.866. The van der Waals surface area contributed by atoms with Gasteiger partial charge in [-0.05, 0) is 19.3 Å². The van der Waals surface area contributed by atoms with Gasteiger partial charge >= 0.3 is 12.1 Å². The van der Waals surface area contributed by atoms with Gasteiger partial charge in [-0.2, -0.15) is 13.2 Å². The molecule has 0 aromatic carbocycles. The van der Waals surface area contributed by atoms with E-state index in [2.05, 4.69) is 4.74 Å². The maximum atomic E-state index is 11.7. The van der Waals surface area contributed by atoms with Crippen molar-refractivity contribution < 1.29 is 32.5 Å². The Kier molecular flexibility index (Phi) is 4.76. The number of carboxylic acid groups (broad SMARTS) is 1. The van der Waals surface area contributed by atoms with Gasteiger partial charge in [0.25, 0.3) is 0 Å². The van der Waals surface area contributed by atoms with E-state index in [4.69, 9.17) is 9.84 Å². The molecule has 0 radical (unpaired) electrons. The largest absolute Gasteiger partial charge is 0.481 e. The van der Waals surface area contributed by atoms with E-state index >= 15 is 0 Å². The van der Waals surface area contributed by atoms with Crippen molar-refractivity contribution in [3.8, 4) is 0 Å². The minimum absolute atomic E-state index is 0.0888. The van der Waals surface area contributed by atoms with Crippen LogP contribution in [-0.2, 0) is 14.3 Å². The Hall–Kier alpha value is -0.820. The van der Waals surface area contributed by atoms with Gasteiger partial charge in [0.05, 0.1) is 12.0 Å².